The van der Waals surface area contributed by atoms with Crippen molar-refractivity contribution in [3.05, 3.63) is 87.3 Å². The highest BCUT2D eigenvalue weighted by Crippen LogP contribution is 2.36. The molecule has 2 saturated heterocycles. The first-order valence-corrected chi connectivity index (χ1v) is 17.6. The maximum absolute atomic E-state index is 15.2. The number of benzene rings is 2. The van der Waals surface area contributed by atoms with Crippen molar-refractivity contribution in [2.75, 3.05) is 38.7 Å². The molecule has 6 rings (SSSR count). The smallest absolute Gasteiger partial charge is 0.436 e. The summed E-state index contributed by atoms with van der Waals surface area (Å²) in [5.74, 6) is -1.89. The maximum Gasteiger partial charge on any atom is 0.436 e. The molecule has 0 spiro atoms. The lowest BCUT2D eigenvalue weighted by Crippen LogP contribution is -2.49. The van der Waals surface area contributed by atoms with E-state index in [9.17, 15) is 27.6 Å². The van der Waals surface area contributed by atoms with Crippen molar-refractivity contribution in [2.24, 2.45) is 0 Å². The lowest BCUT2D eigenvalue weighted by atomic mass is 9.99. The molecule has 0 unspecified atom stereocenters. The maximum atomic E-state index is 15.2. The molecule has 0 aliphatic carbocycles. The zero-order valence-corrected chi connectivity index (χ0v) is 29.7. The van der Waals surface area contributed by atoms with Gasteiger partial charge in [-0.1, -0.05) is 23.7 Å². The number of carbonyl (C=O) groups excluding carboxylic acids is 2. The second kappa shape index (κ2) is 16.1. The van der Waals surface area contributed by atoms with Crippen LogP contribution < -0.4 is 20.9 Å². The molecule has 53 heavy (non-hydrogen) atoms. The summed E-state index contributed by atoms with van der Waals surface area (Å²) in [7, 11) is 1.33. The number of hydrogen-bond acceptors (Lipinski definition) is 8. The molecule has 2 aliphatic heterocycles. The first kappa shape index (κ1) is 37.9. The number of piperidine rings is 1. The summed E-state index contributed by atoms with van der Waals surface area (Å²) in [6, 6.07) is 8.57. The molecule has 2 fully saturated rings. The minimum Gasteiger partial charge on any atom is -0.495 e. The van der Waals surface area contributed by atoms with Crippen LogP contribution in [0.1, 0.15) is 61.1 Å². The van der Waals surface area contributed by atoms with Gasteiger partial charge in [0, 0.05) is 66.3 Å². The van der Waals surface area contributed by atoms with Crippen LogP contribution in [-0.2, 0) is 15.7 Å². The molecule has 2 aliphatic rings. The molecule has 0 saturated carbocycles. The molecule has 4 heterocycles. The zero-order chi connectivity index (χ0) is 37.9. The van der Waals surface area contributed by atoms with Gasteiger partial charge in [0.15, 0.2) is 5.69 Å². The first-order valence-electron chi connectivity index (χ1n) is 17.2. The number of rotatable bonds is 10. The Labute approximate surface area is 307 Å². The van der Waals surface area contributed by atoms with E-state index in [1.165, 1.54) is 49.7 Å². The third-order valence-corrected chi connectivity index (χ3v) is 9.86. The van der Waals surface area contributed by atoms with Crippen molar-refractivity contribution in [3.63, 3.8) is 0 Å². The van der Waals surface area contributed by atoms with E-state index in [0.29, 0.717) is 12.2 Å². The van der Waals surface area contributed by atoms with E-state index in [4.69, 9.17) is 21.1 Å². The summed E-state index contributed by atoms with van der Waals surface area (Å²) in [6.45, 7) is 4.88. The van der Waals surface area contributed by atoms with Crippen molar-refractivity contribution in [1.82, 2.24) is 29.8 Å². The van der Waals surface area contributed by atoms with Gasteiger partial charge in [-0.2, -0.15) is 13.2 Å². The van der Waals surface area contributed by atoms with Crippen LogP contribution in [0, 0.1) is 5.82 Å². The average Bonchev–Trinajstić information content (AvgIpc) is 3.64. The second-order valence-corrected chi connectivity index (χ2v) is 13.4. The van der Waals surface area contributed by atoms with Crippen molar-refractivity contribution in [2.45, 2.75) is 63.3 Å². The van der Waals surface area contributed by atoms with Crippen molar-refractivity contribution < 1.29 is 36.6 Å². The minimum absolute atomic E-state index is 0.0820. The fraction of sp³-hybridized carbons (Fsp3) is 0.417. The molecular weight excluding hydrogens is 722 g/mol. The monoisotopic (exact) mass is 759 g/mol. The fourth-order valence-corrected chi connectivity index (χ4v) is 6.99. The van der Waals surface area contributed by atoms with Gasteiger partial charge in [-0.15, -0.1) is 5.10 Å². The van der Waals surface area contributed by atoms with Gasteiger partial charge >= 0.3 is 6.18 Å². The highest BCUT2D eigenvalue weighted by molar-refractivity contribution is 6.31. The molecule has 2 N–H and O–H groups in total. The van der Waals surface area contributed by atoms with Crippen LogP contribution in [0.3, 0.4) is 0 Å². The highest BCUT2D eigenvalue weighted by Gasteiger charge is 2.35. The summed E-state index contributed by atoms with van der Waals surface area (Å²) in [5.41, 5.74) is -1.40. The summed E-state index contributed by atoms with van der Waals surface area (Å²) in [4.78, 5) is 42.5. The zero-order valence-electron chi connectivity index (χ0n) is 29.0. The molecule has 17 heteroatoms. The van der Waals surface area contributed by atoms with E-state index in [1.807, 2.05) is 0 Å². The van der Waals surface area contributed by atoms with Gasteiger partial charge in [0.1, 0.15) is 17.6 Å². The number of alkyl halides is 3. The van der Waals surface area contributed by atoms with Gasteiger partial charge in [-0.05, 0) is 68.5 Å². The van der Waals surface area contributed by atoms with Gasteiger partial charge in [0.25, 0.3) is 11.5 Å². The highest BCUT2D eigenvalue weighted by atomic mass is 35.5. The van der Waals surface area contributed by atoms with E-state index in [-0.39, 0.29) is 51.3 Å². The fourth-order valence-electron chi connectivity index (χ4n) is 6.81. The molecular formula is C36H38ClF4N7O5. The van der Waals surface area contributed by atoms with E-state index in [1.54, 1.807) is 6.92 Å². The topological polar surface area (TPSA) is 133 Å². The van der Waals surface area contributed by atoms with Crippen LogP contribution >= 0.6 is 11.6 Å². The van der Waals surface area contributed by atoms with Crippen molar-refractivity contribution in [3.8, 4) is 22.6 Å². The Morgan fingerprint density at radius 1 is 1.04 bits per heavy atom. The number of methoxy groups -OCH3 is 1. The summed E-state index contributed by atoms with van der Waals surface area (Å²) in [5, 5.41) is 12.6. The Balaban J connectivity index is 1.16. The number of likely N-dealkylation sites (tertiary alicyclic amines) is 1. The summed E-state index contributed by atoms with van der Waals surface area (Å²) >= 11 is 6.25. The largest absolute Gasteiger partial charge is 0.495 e. The molecule has 4 aromatic rings. The van der Waals surface area contributed by atoms with Crippen LogP contribution in [0.15, 0.2) is 59.7 Å². The second-order valence-electron chi connectivity index (χ2n) is 12.9. The number of aromatic nitrogens is 4. The van der Waals surface area contributed by atoms with E-state index < -0.39 is 41.1 Å². The number of carbonyl (C=O) groups is 2. The number of anilines is 1. The molecule has 0 radical (unpaired) electrons. The molecule has 1 atom stereocenters. The number of nitrogens with zero attached hydrogens (tertiary/aromatic N) is 5. The Hall–Kier alpha value is -4.80. The standard InChI is InChI=1S/C36H38ClF4N7O5/c1-3-29(35(51)43-23-5-6-25(28(38)17-23)34(50)42-22-8-12-46(13-9-22)24-10-14-53-15-11-24)47-19-31(52-2)27(18-33(47)49)26-16-21(37)4-7-30(26)48-20-32(44-45-48)36(39,40)41/h4-7,16-20,22,24,29H,3,8-15H2,1-2H3,(H,42,50)(H,43,51)/t29-/m0/s1. The lowest BCUT2D eigenvalue weighted by molar-refractivity contribution is -0.141. The molecule has 12 nitrogen and oxygen atoms in total. The van der Waals surface area contributed by atoms with Crippen LogP contribution in [0.5, 0.6) is 5.75 Å². The predicted octanol–water partition coefficient (Wildman–Crippen LogP) is 5.88. The molecule has 2 aromatic heterocycles. The normalized spacial score (nSPS) is 16.7. The van der Waals surface area contributed by atoms with Gasteiger partial charge in [0.2, 0.25) is 5.91 Å². The lowest BCUT2D eigenvalue weighted by Gasteiger charge is -2.39. The Kier molecular flexibility index (Phi) is 11.5. The Bertz CT molecular complexity index is 2020. The number of hydrogen-bond donors (Lipinski definition) is 2. The van der Waals surface area contributed by atoms with Crippen LogP contribution in [0.25, 0.3) is 16.8 Å². The van der Waals surface area contributed by atoms with Crippen LogP contribution in [0.4, 0.5) is 23.2 Å². The third-order valence-electron chi connectivity index (χ3n) is 9.62. The molecule has 2 amide bonds. The van der Waals surface area contributed by atoms with Gasteiger partial charge in [0.05, 0.1) is 30.8 Å². The Morgan fingerprint density at radius 2 is 1.77 bits per heavy atom. The van der Waals surface area contributed by atoms with Gasteiger partial charge in [-0.25, -0.2) is 9.07 Å². The SMILES string of the molecule is CC[C@@H](C(=O)Nc1ccc(C(=O)NC2CCN(C3CCOCC3)CC2)c(F)c1)n1cc(OC)c(-c2cc(Cl)ccc2-n2cc(C(F)(F)F)nn2)cc1=O. The third kappa shape index (κ3) is 8.55. The van der Waals surface area contributed by atoms with Crippen molar-refractivity contribution >= 4 is 29.1 Å². The number of halogens is 5. The molecule has 282 valence electrons. The van der Waals surface area contributed by atoms with E-state index >= 15 is 4.39 Å². The number of nitrogens with one attached hydrogen (secondary N) is 2. The van der Waals surface area contributed by atoms with E-state index in [2.05, 4.69) is 25.8 Å². The minimum atomic E-state index is -4.73. The van der Waals surface area contributed by atoms with E-state index in [0.717, 1.165) is 67.3 Å². The quantitative estimate of drug-likeness (QED) is 0.192. The van der Waals surface area contributed by atoms with Crippen LogP contribution in [0.2, 0.25) is 5.02 Å². The molecule has 2 aromatic carbocycles. The number of pyridine rings is 1. The number of ether oxygens (including phenoxy) is 2. The summed E-state index contributed by atoms with van der Waals surface area (Å²) in [6.07, 6.45) is 0.935. The van der Waals surface area contributed by atoms with Crippen molar-refractivity contribution in [1.29, 1.82) is 0 Å². The summed E-state index contributed by atoms with van der Waals surface area (Å²) < 4.78 is 68.1. The average molecular weight is 760 g/mol. The van der Waals surface area contributed by atoms with Gasteiger partial charge in [-0.3, -0.25) is 19.0 Å². The number of amides is 2. The molecule has 0 bridgehead atoms. The van der Waals surface area contributed by atoms with Gasteiger partial charge < -0.3 is 25.0 Å². The predicted molar refractivity (Wildman–Crippen MR) is 188 cm³/mol. The first-order chi connectivity index (χ1) is 25.4. The Morgan fingerprint density at radius 3 is 2.42 bits per heavy atom. The van der Waals surface area contributed by atoms with Crippen LogP contribution in [-0.4, -0.2) is 81.8 Å².